The predicted octanol–water partition coefficient (Wildman–Crippen LogP) is 6.92. The third-order valence-corrected chi connectivity index (χ3v) is 7.38. The van der Waals surface area contributed by atoms with Gasteiger partial charge in [-0.15, -0.1) is 0 Å². The fraction of sp³-hybridized carbons (Fsp3) is 0.630. The summed E-state index contributed by atoms with van der Waals surface area (Å²) in [6, 6.07) is 1.53. The number of phenols is 2. The zero-order chi connectivity index (χ0) is 24.9. The molecule has 0 amide bonds. The van der Waals surface area contributed by atoms with Gasteiger partial charge in [-0.2, -0.15) is 0 Å². The lowest BCUT2D eigenvalue weighted by molar-refractivity contribution is 0.426. The molecule has 0 aliphatic heterocycles. The van der Waals surface area contributed by atoms with E-state index in [-0.39, 0.29) is 28.4 Å². The fourth-order valence-electron chi connectivity index (χ4n) is 3.78. The zero-order valence-electron chi connectivity index (χ0n) is 21.3. The van der Waals surface area contributed by atoms with E-state index in [2.05, 4.69) is 38.5 Å². The first-order valence-corrected chi connectivity index (χ1v) is 14.0. The van der Waals surface area contributed by atoms with Crippen molar-refractivity contribution < 1.29 is 18.6 Å². The number of aryl methyl sites for hydroxylation is 1. The largest absolute Gasteiger partial charge is 0.508 e. The van der Waals surface area contributed by atoms with Crippen LogP contribution in [0, 0.1) is 0 Å². The summed E-state index contributed by atoms with van der Waals surface area (Å²) in [5.74, 6) is -0.370. The minimum Gasteiger partial charge on any atom is -0.508 e. The highest BCUT2D eigenvalue weighted by Gasteiger charge is 2.26. The molecule has 1 aromatic rings. The van der Waals surface area contributed by atoms with Crippen molar-refractivity contribution in [3.63, 3.8) is 0 Å². The Morgan fingerprint density at radius 3 is 2.27 bits per heavy atom. The van der Waals surface area contributed by atoms with Crippen molar-refractivity contribution in [2.24, 2.45) is 0 Å². The van der Waals surface area contributed by atoms with Gasteiger partial charge in [0, 0.05) is 12.1 Å². The summed E-state index contributed by atoms with van der Waals surface area (Å²) < 4.78 is 29.0. The molecule has 1 aromatic carbocycles. The number of nitrogens with one attached hydrogen (secondary N) is 1. The van der Waals surface area contributed by atoms with Crippen LogP contribution in [-0.4, -0.2) is 25.2 Å². The van der Waals surface area contributed by atoms with Crippen LogP contribution in [0.15, 0.2) is 34.3 Å². The van der Waals surface area contributed by atoms with Crippen LogP contribution in [0.25, 0.3) is 0 Å². The van der Waals surface area contributed by atoms with E-state index in [0.29, 0.717) is 18.5 Å². The SMILES string of the molecule is CCCCCCNS(=O)(=O)c1c(CCCCC)cc(O)c(CC=C(C)CCC=C(C)C)c1O. The summed E-state index contributed by atoms with van der Waals surface area (Å²) in [4.78, 5) is -0.0718. The van der Waals surface area contributed by atoms with Crippen LogP contribution < -0.4 is 4.72 Å². The first-order valence-electron chi connectivity index (χ1n) is 12.5. The Kier molecular flexibility index (Phi) is 13.4. The number of sulfonamides is 1. The van der Waals surface area contributed by atoms with Crippen LogP contribution in [-0.2, 0) is 22.9 Å². The van der Waals surface area contributed by atoms with Crippen LogP contribution in [0.2, 0.25) is 0 Å². The van der Waals surface area contributed by atoms with Crippen LogP contribution in [0.1, 0.15) is 104 Å². The maximum Gasteiger partial charge on any atom is 0.244 e. The Balaban J connectivity index is 3.21. The molecule has 33 heavy (non-hydrogen) atoms. The molecule has 0 atom stereocenters. The molecule has 6 heteroatoms. The summed E-state index contributed by atoms with van der Waals surface area (Å²) in [6.45, 7) is 10.7. The van der Waals surface area contributed by atoms with E-state index >= 15 is 0 Å². The zero-order valence-corrected chi connectivity index (χ0v) is 22.2. The molecule has 0 heterocycles. The van der Waals surface area contributed by atoms with Crippen LogP contribution >= 0.6 is 0 Å². The summed E-state index contributed by atoms with van der Waals surface area (Å²) in [5.41, 5.74) is 3.15. The summed E-state index contributed by atoms with van der Waals surface area (Å²) in [7, 11) is -3.89. The molecule has 0 bridgehead atoms. The second kappa shape index (κ2) is 15.2. The molecule has 0 aliphatic rings. The van der Waals surface area contributed by atoms with Gasteiger partial charge in [0.25, 0.3) is 0 Å². The highest BCUT2D eigenvalue weighted by atomic mass is 32.2. The Hall–Kier alpha value is -1.79. The highest BCUT2D eigenvalue weighted by Crippen LogP contribution is 2.38. The Bertz CT molecular complexity index is 897. The maximum absolute atomic E-state index is 13.2. The lowest BCUT2D eigenvalue weighted by Crippen LogP contribution is -2.26. The first kappa shape index (κ1) is 29.2. The fourth-order valence-corrected chi connectivity index (χ4v) is 5.22. The monoisotopic (exact) mass is 479 g/mol. The molecule has 0 aliphatic carbocycles. The van der Waals surface area contributed by atoms with Crippen molar-refractivity contribution in [3.05, 3.63) is 40.5 Å². The minimum absolute atomic E-state index is 0.0470. The van der Waals surface area contributed by atoms with Gasteiger partial charge in [0.05, 0.1) is 0 Å². The van der Waals surface area contributed by atoms with Gasteiger partial charge in [0.2, 0.25) is 10.0 Å². The number of unbranched alkanes of at least 4 members (excludes halogenated alkanes) is 5. The van der Waals surface area contributed by atoms with Crippen molar-refractivity contribution in [1.29, 1.82) is 0 Å². The number of phenolic OH excluding ortho intramolecular Hbond substituents is 2. The summed E-state index contributed by atoms with van der Waals surface area (Å²) >= 11 is 0. The highest BCUT2D eigenvalue weighted by molar-refractivity contribution is 7.89. The van der Waals surface area contributed by atoms with E-state index in [9.17, 15) is 18.6 Å². The van der Waals surface area contributed by atoms with E-state index in [1.54, 1.807) is 0 Å². The van der Waals surface area contributed by atoms with E-state index in [1.807, 2.05) is 13.0 Å². The van der Waals surface area contributed by atoms with Gasteiger partial charge in [-0.1, -0.05) is 69.2 Å². The topological polar surface area (TPSA) is 86.6 Å². The number of benzene rings is 1. The van der Waals surface area contributed by atoms with Gasteiger partial charge in [-0.25, -0.2) is 13.1 Å². The molecule has 1 rings (SSSR count). The molecule has 5 nitrogen and oxygen atoms in total. The Labute approximate surface area is 202 Å². The predicted molar refractivity (Wildman–Crippen MR) is 138 cm³/mol. The molecule has 0 spiro atoms. The van der Waals surface area contributed by atoms with Crippen molar-refractivity contribution in [2.45, 2.75) is 110 Å². The average Bonchev–Trinajstić information content (AvgIpc) is 2.72. The third kappa shape index (κ3) is 10.3. The number of rotatable bonds is 16. The number of aromatic hydroxyl groups is 2. The minimum atomic E-state index is -3.89. The molecule has 3 N–H and O–H groups in total. The molecular weight excluding hydrogens is 434 g/mol. The smallest absolute Gasteiger partial charge is 0.244 e. The summed E-state index contributed by atoms with van der Waals surface area (Å²) in [6.07, 6.45) is 13.4. The van der Waals surface area contributed by atoms with Gasteiger partial charge in [-0.05, 0) is 70.9 Å². The molecule has 0 fully saturated rings. The normalized spacial score (nSPS) is 12.2. The van der Waals surface area contributed by atoms with Crippen molar-refractivity contribution in [3.8, 4) is 11.5 Å². The lowest BCUT2D eigenvalue weighted by atomic mass is 10.00. The van der Waals surface area contributed by atoms with Crippen LogP contribution in [0.3, 0.4) is 0 Å². The van der Waals surface area contributed by atoms with Gasteiger partial charge < -0.3 is 10.2 Å². The molecule has 0 aromatic heterocycles. The van der Waals surface area contributed by atoms with Gasteiger partial charge in [0.15, 0.2) is 0 Å². The van der Waals surface area contributed by atoms with E-state index < -0.39 is 10.0 Å². The van der Waals surface area contributed by atoms with Gasteiger partial charge >= 0.3 is 0 Å². The number of allylic oxidation sites excluding steroid dienone is 4. The van der Waals surface area contributed by atoms with Gasteiger partial charge in [0.1, 0.15) is 16.4 Å². The second-order valence-corrected chi connectivity index (χ2v) is 10.9. The first-order chi connectivity index (χ1) is 15.6. The standard InChI is InChI=1S/C27H45NO4S/c1-6-8-10-12-19-28-33(31,32)27-23(16-11-9-7-2)20-25(29)24(26(27)30)18-17-22(5)15-13-14-21(3)4/h14,17,20,28-30H,6-13,15-16,18-19H2,1-5H3. The lowest BCUT2D eigenvalue weighted by Gasteiger charge is -2.17. The van der Waals surface area contributed by atoms with Crippen LogP contribution in [0.5, 0.6) is 11.5 Å². The van der Waals surface area contributed by atoms with Crippen molar-refractivity contribution in [2.75, 3.05) is 6.54 Å². The molecule has 188 valence electrons. The third-order valence-electron chi connectivity index (χ3n) is 5.80. The van der Waals surface area contributed by atoms with E-state index in [1.165, 1.54) is 11.6 Å². The summed E-state index contributed by atoms with van der Waals surface area (Å²) in [5, 5.41) is 21.7. The van der Waals surface area contributed by atoms with E-state index in [0.717, 1.165) is 63.4 Å². The Morgan fingerprint density at radius 1 is 0.970 bits per heavy atom. The number of hydrogen-bond donors (Lipinski definition) is 3. The molecule has 0 saturated carbocycles. The quantitative estimate of drug-likeness (QED) is 0.177. The van der Waals surface area contributed by atoms with Crippen molar-refractivity contribution >= 4 is 10.0 Å². The number of hydrogen-bond acceptors (Lipinski definition) is 4. The van der Waals surface area contributed by atoms with E-state index in [4.69, 9.17) is 0 Å². The molecule has 0 unspecified atom stereocenters. The molecular formula is C27H45NO4S. The Morgan fingerprint density at radius 2 is 1.64 bits per heavy atom. The molecule has 0 saturated heterocycles. The average molecular weight is 480 g/mol. The maximum atomic E-state index is 13.2. The second-order valence-electron chi connectivity index (χ2n) is 9.20. The van der Waals surface area contributed by atoms with Gasteiger partial charge in [-0.3, -0.25) is 0 Å². The van der Waals surface area contributed by atoms with Crippen LogP contribution in [0.4, 0.5) is 0 Å². The molecule has 0 radical (unpaired) electrons. The van der Waals surface area contributed by atoms with Crippen molar-refractivity contribution in [1.82, 2.24) is 4.72 Å².